The Kier molecular flexibility index (Phi) is 9.40. The fourth-order valence-electron chi connectivity index (χ4n) is 10.2. The number of hydrogen-bond donors (Lipinski definition) is 0. The van der Waals surface area contributed by atoms with Gasteiger partial charge in [0.1, 0.15) is 0 Å². The molecule has 0 aliphatic rings. The van der Waals surface area contributed by atoms with Crippen LogP contribution in [0.15, 0.2) is 255 Å². The summed E-state index contributed by atoms with van der Waals surface area (Å²) in [4.78, 5) is 2.46. The first-order valence-electron chi connectivity index (χ1n) is 21.9. The van der Waals surface area contributed by atoms with E-state index in [9.17, 15) is 0 Å². The lowest BCUT2D eigenvalue weighted by Gasteiger charge is -2.35. The van der Waals surface area contributed by atoms with Crippen LogP contribution in [0, 0.1) is 0 Å². The molecule has 64 heavy (non-hydrogen) atoms. The summed E-state index contributed by atoms with van der Waals surface area (Å²) in [5, 5.41) is 10.5. The normalized spacial score (nSPS) is 11.8. The maximum Gasteiger partial charge on any atom is 0.179 e. The summed E-state index contributed by atoms with van der Waals surface area (Å²) in [6, 6.07) is 94.0. The molecule has 0 spiro atoms. The molecule has 0 saturated heterocycles. The summed E-state index contributed by atoms with van der Waals surface area (Å²) in [6.07, 6.45) is 0. The summed E-state index contributed by atoms with van der Waals surface area (Å²) in [5.74, 6) is 0. The van der Waals surface area contributed by atoms with E-state index in [0.29, 0.717) is 0 Å². The molecule has 10 aromatic carbocycles. The topological polar surface area (TPSA) is 8.17 Å². The number of thiophene rings is 1. The number of aromatic nitrogens is 1. The van der Waals surface area contributed by atoms with E-state index in [4.69, 9.17) is 0 Å². The van der Waals surface area contributed by atoms with E-state index < -0.39 is 8.07 Å². The molecule has 0 aliphatic carbocycles. The molecule has 2 nitrogen and oxygen atoms in total. The number of anilines is 3. The molecule has 0 unspecified atom stereocenters. The molecule has 12 rings (SSSR count). The zero-order valence-electron chi connectivity index (χ0n) is 35.1. The van der Waals surface area contributed by atoms with Crippen LogP contribution in [0.4, 0.5) is 17.1 Å². The lowest BCUT2D eigenvalue weighted by molar-refractivity contribution is 1.18. The highest BCUT2D eigenvalue weighted by Gasteiger charge is 2.41. The Morgan fingerprint density at radius 3 is 1.48 bits per heavy atom. The monoisotopic (exact) mass is 850 g/mol. The van der Waals surface area contributed by atoms with Crippen molar-refractivity contribution in [3.63, 3.8) is 0 Å². The van der Waals surface area contributed by atoms with Crippen molar-refractivity contribution in [2.75, 3.05) is 4.90 Å². The summed E-state index contributed by atoms with van der Waals surface area (Å²) < 4.78 is 4.96. The minimum Gasteiger partial charge on any atom is -0.309 e. The number of fused-ring (bicyclic) bond motifs is 6. The fraction of sp³-hybridized carbons (Fsp3) is 0. The van der Waals surface area contributed by atoms with Gasteiger partial charge in [-0.25, -0.2) is 0 Å². The number of para-hydroxylation sites is 2. The van der Waals surface area contributed by atoms with Gasteiger partial charge >= 0.3 is 0 Å². The smallest absolute Gasteiger partial charge is 0.179 e. The van der Waals surface area contributed by atoms with Crippen LogP contribution < -0.4 is 25.6 Å². The van der Waals surface area contributed by atoms with Gasteiger partial charge in [-0.05, 0) is 92.5 Å². The quantitative estimate of drug-likeness (QED) is 0.104. The maximum absolute atomic E-state index is 2.71. The zero-order valence-corrected chi connectivity index (χ0v) is 36.9. The zero-order chi connectivity index (χ0) is 42.5. The molecule has 2 heterocycles. The average molecular weight is 851 g/mol. The summed E-state index contributed by atoms with van der Waals surface area (Å²) in [7, 11) is -2.71. The Hall–Kier alpha value is -7.76. The highest BCUT2D eigenvalue weighted by Crippen LogP contribution is 2.45. The molecule has 0 saturated carbocycles. The predicted molar refractivity (Wildman–Crippen MR) is 277 cm³/mol. The van der Waals surface area contributed by atoms with Gasteiger partial charge in [-0.1, -0.05) is 194 Å². The van der Waals surface area contributed by atoms with Gasteiger partial charge in [0.05, 0.1) is 21.4 Å². The largest absolute Gasteiger partial charge is 0.309 e. The van der Waals surface area contributed by atoms with E-state index in [0.717, 1.165) is 17.1 Å². The molecule has 0 bridgehead atoms. The SMILES string of the molecule is c1ccc(-n2c3ccccc3c3c(-c4ccc(N(c5ccc([Si](c6ccccc6)(c6ccccc6)c6ccccc6)cc5)c5cccc6c5sc5ccccc56)cc4)cccc32)cc1. The molecule has 0 N–H and O–H groups in total. The van der Waals surface area contributed by atoms with Crippen LogP contribution in [0.25, 0.3) is 58.8 Å². The first-order valence-corrected chi connectivity index (χ1v) is 24.7. The van der Waals surface area contributed by atoms with Crippen LogP contribution >= 0.6 is 11.3 Å². The molecule has 12 aromatic rings. The standard InChI is InChI=1S/C60H42N2SSi/c1-5-19-44(20-6-1)62-55-31-15-13-28-54(55)59-51(29-17-32-56(59)62)43-35-37-45(38-36-43)61(57-33-18-30-53-52-27-14-16-34-58(52)63-60(53)57)46-39-41-50(42-40-46)64(47-21-7-2-8-22-47,48-23-9-3-10-24-48)49-25-11-4-12-26-49/h1-42H. The Morgan fingerprint density at radius 1 is 0.359 bits per heavy atom. The third-order valence-corrected chi connectivity index (χ3v) is 19.0. The van der Waals surface area contributed by atoms with Crippen LogP contribution in [0.2, 0.25) is 0 Å². The van der Waals surface area contributed by atoms with E-state index in [1.54, 1.807) is 0 Å². The second-order valence-electron chi connectivity index (χ2n) is 16.4. The molecule has 2 aromatic heterocycles. The van der Waals surface area contributed by atoms with Gasteiger partial charge in [-0.2, -0.15) is 0 Å². The van der Waals surface area contributed by atoms with Crippen molar-refractivity contribution in [3.05, 3.63) is 255 Å². The first-order chi connectivity index (χ1) is 31.8. The Morgan fingerprint density at radius 2 is 0.844 bits per heavy atom. The number of nitrogens with zero attached hydrogens (tertiary/aromatic N) is 2. The predicted octanol–water partition coefficient (Wildman–Crippen LogP) is 13.7. The Labute approximate surface area is 378 Å². The molecular formula is C60H42N2SSi. The highest BCUT2D eigenvalue weighted by atomic mass is 32.1. The van der Waals surface area contributed by atoms with E-state index in [-0.39, 0.29) is 0 Å². The van der Waals surface area contributed by atoms with Crippen LogP contribution in [0.3, 0.4) is 0 Å². The van der Waals surface area contributed by atoms with Gasteiger partial charge in [0, 0.05) is 43.3 Å². The van der Waals surface area contributed by atoms with Crippen LogP contribution in [0.5, 0.6) is 0 Å². The van der Waals surface area contributed by atoms with E-state index in [1.807, 2.05) is 11.3 Å². The summed E-state index contributed by atoms with van der Waals surface area (Å²) in [5.41, 5.74) is 9.38. The van der Waals surface area contributed by atoms with Crippen molar-refractivity contribution in [1.82, 2.24) is 4.57 Å². The van der Waals surface area contributed by atoms with Crippen molar-refractivity contribution in [3.8, 4) is 16.8 Å². The molecule has 302 valence electrons. The minimum absolute atomic E-state index is 1.11. The Balaban J connectivity index is 1.04. The number of hydrogen-bond acceptors (Lipinski definition) is 2. The summed E-state index contributed by atoms with van der Waals surface area (Å²) in [6.45, 7) is 0. The van der Waals surface area contributed by atoms with Crippen molar-refractivity contribution in [2.45, 2.75) is 0 Å². The van der Waals surface area contributed by atoms with Gasteiger partial charge in [0.15, 0.2) is 8.07 Å². The minimum atomic E-state index is -2.71. The van der Waals surface area contributed by atoms with Crippen molar-refractivity contribution >= 4 is 99.2 Å². The van der Waals surface area contributed by atoms with E-state index in [2.05, 4.69) is 264 Å². The fourth-order valence-corrected chi connectivity index (χ4v) is 16.1. The van der Waals surface area contributed by atoms with Gasteiger partial charge in [-0.3, -0.25) is 0 Å². The van der Waals surface area contributed by atoms with Crippen molar-refractivity contribution in [2.24, 2.45) is 0 Å². The molecule has 0 fully saturated rings. The van der Waals surface area contributed by atoms with Gasteiger partial charge in [0.2, 0.25) is 0 Å². The molecule has 0 amide bonds. The third kappa shape index (κ3) is 6.14. The molecular weight excluding hydrogens is 809 g/mol. The molecule has 0 radical (unpaired) electrons. The first kappa shape index (κ1) is 38.0. The maximum atomic E-state index is 2.46. The molecule has 4 heteroatoms. The van der Waals surface area contributed by atoms with Crippen molar-refractivity contribution in [1.29, 1.82) is 0 Å². The van der Waals surface area contributed by atoms with Crippen LogP contribution in [0.1, 0.15) is 0 Å². The lowest BCUT2D eigenvalue weighted by atomic mass is 9.99. The highest BCUT2D eigenvalue weighted by molar-refractivity contribution is 7.26. The van der Waals surface area contributed by atoms with E-state index >= 15 is 0 Å². The van der Waals surface area contributed by atoms with Crippen molar-refractivity contribution < 1.29 is 0 Å². The van der Waals surface area contributed by atoms with Gasteiger partial charge in [0.25, 0.3) is 0 Å². The number of rotatable bonds is 9. The second-order valence-corrected chi connectivity index (χ2v) is 21.3. The molecule has 0 aliphatic heterocycles. The van der Waals surface area contributed by atoms with Gasteiger partial charge < -0.3 is 9.47 Å². The lowest BCUT2D eigenvalue weighted by Crippen LogP contribution is -2.74. The molecule has 0 atom stereocenters. The average Bonchev–Trinajstić information content (AvgIpc) is 3.93. The number of benzene rings is 10. The van der Waals surface area contributed by atoms with Crippen LogP contribution in [-0.2, 0) is 0 Å². The van der Waals surface area contributed by atoms with Crippen LogP contribution in [-0.4, -0.2) is 12.6 Å². The van der Waals surface area contributed by atoms with Gasteiger partial charge in [-0.15, -0.1) is 11.3 Å². The summed E-state index contributed by atoms with van der Waals surface area (Å²) >= 11 is 1.87. The van der Waals surface area contributed by atoms with E-state index in [1.165, 1.54) is 79.5 Å². The Bertz CT molecular complexity index is 3490. The third-order valence-electron chi connectivity index (χ3n) is 13.0. The second kappa shape index (κ2) is 15.9.